The molecule has 1 amide bonds. The fraction of sp³-hybridized carbons (Fsp3) is 0.333. The third kappa shape index (κ3) is 4.70. The Morgan fingerprint density at radius 3 is 2.50 bits per heavy atom. The Morgan fingerprint density at radius 2 is 1.90 bits per heavy atom. The summed E-state index contributed by atoms with van der Waals surface area (Å²) in [5, 5.41) is 2.61. The molecule has 1 saturated heterocycles. The van der Waals surface area contributed by atoms with E-state index < -0.39 is 12.1 Å². The van der Waals surface area contributed by atoms with Crippen LogP contribution in [0.3, 0.4) is 0 Å². The third-order valence-corrected chi connectivity index (χ3v) is 5.42. The molecule has 1 saturated carbocycles. The maximum atomic E-state index is 12.7. The normalized spacial score (nSPS) is 19.7. The summed E-state index contributed by atoms with van der Waals surface area (Å²) in [6.07, 6.45) is -0.330. The lowest BCUT2D eigenvalue weighted by atomic mass is 9.98. The molecule has 1 aromatic carbocycles. The number of carbonyl (C=O) groups is 1. The van der Waals surface area contributed by atoms with E-state index in [0.29, 0.717) is 35.2 Å². The van der Waals surface area contributed by atoms with Crippen molar-refractivity contribution in [3.63, 3.8) is 0 Å². The standard InChI is InChI=1S/C21H18ClF3N2O3/c22-16-6-3-12(9-18(16)30-21(23,24)25)15(10-13-4-8-19(28)26-13)17-7-5-14(11-1-2-11)20(29)27-17/h3,5-7,9-11,13H,1-2,4,8H2,(H,26,28)(H,27,29)/b15-10+/t13-/m1/s1. The summed E-state index contributed by atoms with van der Waals surface area (Å²) in [7, 11) is 0. The van der Waals surface area contributed by atoms with E-state index in [-0.39, 0.29) is 28.4 Å². The molecule has 158 valence electrons. The van der Waals surface area contributed by atoms with Crippen molar-refractivity contribution < 1.29 is 22.7 Å². The van der Waals surface area contributed by atoms with Crippen molar-refractivity contribution in [3.05, 3.63) is 68.6 Å². The number of ether oxygens (including phenoxy) is 1. The minimum absolute atomic E-state index is 0.106. The quantitative estimate of drug-likeness (QED) is 0.721. The van der Waals surface area contributed by atoms with Crippen molar-refractivity contribution in [3.8, 4) is 5.75 Å². The maximum Gasteiger partial charge on any atom is 0.573 e. The number of amides is 1. The van der Waals surface area contributed by atoms with E-state index in [4.69, 9.17) is 11.6 Å². The molecule has 9 heteroatoms. The van der Waals surface area contributed by atoms with E-state index in [2.05, 4.69) is 15.0 Å². The highest BCUT2D eigenvalue weighted by atomic mass is 35.5. The lowest BCUT2D eigenvalue weighted by Crippen LogP contribution is -2.24. The summed E-state index contributed by atoms with van der Waals surface area (Å²) in [5.41, 5.74) is 1.76. The van der Waals surface area contributed by atoms with Crippen molar-refractivity contribution >= 4 is 23.1 Å². The van der Waals surface area contributed by atoms with Gasteiger partial charge in [0.05, 0.1) is 5.02 Å². The molecule has 0 radical (unpaired) electrons. The van der Waals surface area contributed by atoms with Crippen LogP contribution in [-0.2, 0) is 4.79 Å². The molecule has 5 nitrogen and oxygen atoms in total. The van der Waals surface area contributed by atoms with Crippen molar-refractivity contribution in [2.75, 3.05) is 0 Å². The molecule has 2 fully saturated rings. The van der Waals surface area contributed by atoms with Gasteiger partial charge in [0.1, 0.15) is 5.75 Å². The zero-order valence-electron chi connectivity index (χ0n) is 15.7. The molecule has 2 N–H and O–H groups in total. The summed E-state index contributed by atoms with van der Waals surface area (Å²) in [6.45, 7) is 0. The fourth-order valence-corrected chi connectivity index (χ4v) is 3.69. The van der Waals surface area contributed by atoms with E-state index >= 15 is 0 Å². The molecule has 2 aromatic rings. The molecule has 0 spiro atoms. The number of pyridine rings is 1. The van der Waals surface area contributed by atoms with Crippen LogP contribution in [0.2, 0.25) is 5.02 Å². The zero-order chi connectivity index (χ0) is 21.5. The number of alkyl halides is 3. The van der Waals surface area contributed by atoms with Crippen molar-refractivity contribution in [1.82, 2.24) is 10.3 Å². The first-order valence-corrected chi connectivity index (χ1v) is 9.88. The Kier molecular flexibility index (Phi) is 5.36. The van der Waals surface area contributed by atoms with Crippen LogP contribution >= 0.6 is 11.6 Å². The SMILES string of the molecule is O=C1CC[C@H](/C=C(\c2ccc(Cl)c(OC(F)(F)F)c2)c2ccc(C3CC3)c(=O)[nH]2)N1. The molecular weight excluding hydrogens is 421 g/mol. The number of aromatic nitrogens is 1. The van der Waals surface area contributed by atoms with Gasteiger partial charge in [-0.2, -0.15) is 0 Å². The van der Waals surface area contributed by atoms with Gasteiger partial charge in [-0.25, -0.2) is 0 Å². The zero-order valence-corrected chi connectivity index (χ0v) is 16.4. The molecule has 1 aromatic heterocycles. The first-order chi connectivity index (χ1) is 14.2. The average Bonchev–Trinajstić information content (AvgIpc) is 3.42. The predicted octanol–water partition coefficient (Wildman–Crippen LogP) is 4.51. The first kappa shape index (κ1) is 20.5. The van der Waals surface area contributed by atoms with Gasteiger partial charge >= 0.3 is 6.36 Å². The summed E-state index contributed by atoms with van der Waals surface area (Å²) >= 11 is 5.87. The van der Waals surface area contributed by atoms with Crippen LogP contribution in [0.25, 0.3) is 5.57 Å². The van der Waals surface area contributed by atoms with Crippen molar-refractivity contribution in [2.24, 2.45) is 0 Å². The van der Waals surface area contributed by atoms with Crippen LogP contribution in [-0.4, -0.2) is 23.3 Å². The second-order valence-corrected chi connectivity index (χ2v) is 7.82. The van der Waals surface area contributed by atoms with E-state index in [0.717, 1.165) is 12.8 Å². The van der Waals surface area contributed by atoms with E-state index in [9.17, 15) is 22.8 Å². The van der Waals surface area contributed by atoms with Crippen LogP contribution < -0.4 is 15.6 Å². The van der Waals surface area contributed by atoms with Gasteiger partial charge in [-0.1, -0.05) is 29.8 Å². The fourth-order valence-electron chi connectivity index (χ4n) is 3.54. The lowest BCUT2D eigenvalue weighted by Gasteiger charge is -2.15. The number of hydrogen-bond donors (Lipinski definition) is 2. The van der Waals surface area contributed by atoms with Gasteiger partial charge in [-0.3, -0.25) is 9.59 Å². The van der Waals surface area contributed by atoms with E-state index in [1.807, 2.05) is 0 Å². The lowest BCUT2D eigenvalue weighted by molar-refractivity contribution is -0.274. The Morgan fingerprint density at radius 1 is 1.13 bits per heavy atom. The molecule has 0 unspecified atom stereocenters. The van der Waals surface area contributed by atoms with Gasteiger partial charge in [0.25, 0.3) is 5.56 Å². The summed E-state index contributed by atoms with van der Waals surface area (Å²) < 4.78 is 42.2. The minimum atomic E-state index is -4.90. The largest absolute Gasteiger partial charge is 0.573 e. The Bertz CT molecular complexity index is 1070. The smallest absolute Gasteiger partial charge is 0.404 e. The highest BCUT2D eigenvalue weighted by Gasteiger charge is 2.32. The number of hydrogen-bond acceptors (Lipinski definition) is 3. The highest BCUT2D eigenvalue weighted by molar-refractivity contribution is 6.32. The van der Waals surface area contributed by atoms with Gasteiger partial charge in [-0.15, -0.1) is 13.2 Å². The van der Waals surface area contributed by atoms with E-state index in [1.54, 1.807) is 24.3 Å². The second kappa shape index (κ2) is 7.83. The number of nitrogens with one attached hydrogen (secondary N) is 2. The highest BCUT2D eigenvalue weighted by Crippen LogP contribution is 2.39. The molecule has 2 heterocycles. The monoisotopic (exact) mass is 438 g/mol. The maximum absolute atomic E-state index is 12.7. The summed E-state index contributed by atoms with van der Waals surface area (Å²) in [6, 6.07) is 7.19. The second-order valence-electron chi connectivity index (χ2n) is 7.42. The Hall–Kier alpha value is -2.74. The van der Waals surface area contributed by atoms with E-state index in [1.165, 1.54) is 12.1 Å². The first-order valence-electron chi connectivity index (χ1n) is 9.50. The van der Waals surface area contributed by atoms with Gasteiger partial charge in [0.15, 0.2) is 0 Å². The minimum Gasteiger partial charge on any atom is -0.404 e. The van der Waals surface area contributed by atoms with Crippen molar-refractivity contribution in [2.45, 2.75) is 44.0 Å². The number of H-pyrrole nitrogens is 1. The topological polar surface area (TPSA) is 71.2 Å². The number of rotatable bonds is 5. The van der Waals surface area contributed by atoms with Crippen LogP contribution in [0.5, 0.6) is 5.75 Å². The Balaban J connectivity index is 1.77. The van der Waals surface area contributed by atoms with Crippen LogP contribution in [0.4, 0.5) is 13.2 Å². The van der Waals surface area contributed by atoms with Gasteiger partial charge in [0.2, 0.25) is 5.91 Å². The average molecular weight is 439 g/mol. The molecule has 0 bridgehead atoms. The predicted molar refractivity (Wildman–Crippen MR) is 105 cm³/mol. The van der Waals surface area contributed by atoms with Gasteiger partial charge in [-0.05, 0) is 48.9 Å². The van der Waals surface area contributed by atoms with Gasteiger partial charge < -0.3 is 15.0 Å². The molecule has 1 aliphatic heterocycles. The number of aromatic amines is 1. The number of halogens is 4. The number of benzene rings is 1. The molecule has 30 heavy (non-hydrogen) atoms. The molecular formula is C21H18ClF3N2O3. The molecule has 1 atom stereocenters. The third-order valence-electron chi connectivity index (χ3n) is 5.11. The van der Waals surface area contributed by atoms with Crippen molar-refractivity contribution in [1.29, 1.82) is 0 Å². The Labute approximate surface area is 174 Å². The van der Waals surface area contributed by atoms with Crippen LogP contribution in [0.1, 0.15) is 48.4 Å². The summed E-state index contributed by atoms with van der Waals surface area (Å²) in [4.78, 5) is 26.9. The van der Waals surface area contributed by atoms with Gasteiger partial charge in [0, 0.05) is 29.3 Å². The summed E-state index contributed by atoms with van der Waals surface area (Å²) in [5.74, 6) is -0.392. The van der Waals surface area contributed by atoms with Crippen LogP contribution in [0.15, 0.2) is 41.2 Å². The molecule has 4 rings (SSSR count). The molecule has 1 aliphatic carbocycles. The van der Waals surface area contributed by atoms with Crippen LogP contribution in [0, 0.1) is 0 Å². The molecule has 2 aliphatic rings. The number of carbonyl (C=O) groups excluding carboxylic acids is 1.